The van der Waals surface area contributed by atoms with Gasteiger partial charge in [-0.05, 0) is 40.2 Å². The molecule has 0 spiro atoms. The van der Waals surface area contributed by atoms with E-state index in [0.29, 0.717) is 32.2 Å². The van der Waals surface area contributed by atoms with E-state index >= 15 is 0 Å². The number of halogens is 2. The van der Waals surface area contributed by atoms with Crippen molar-refractivity contribution in [3.63, 3.8) is 0 Å². The molecule has 0 aliphatic rings. The zero-order chi connectivity index (χ0) is 14.7. The molecule has 0 saturated heterocycles. The Morgan fingerprint density at radius 3 is 2.75 bits per heavy atom. The lowest BCUT2D eigenvalue weighted by atomic mass is 10.2. The van der Waals surface area contributed by atoms with Crippen LogP contribution >= 0.6 is 27.5 Å². The first-order valence-electron chi connectivity index (χ1n) is 5.71. The van der Waals surface area contributed by atoms with Crippen molar-refractivity contribution in [2.45, 2.75) is 0 Å². The van der Waals surface area contributed by atoms with Gasteiger partial charge in [0.15, 0.2) is 0 Å². The Balaban J connectivity index is 2.32. The maximum Gasteiger partial charge on any atom is 0.255 e. The van der Waals surface area contributed by atoms with Crippen molar-refractivity contribution in [1.29, 1.82) is 0 Å². The summed E-state index contributed by atoms with van der Waals surface area (Å²) < 4.78 is 5.86. The van der Waals surface area contributed by atoms with Crippen molar-refractivity contribution in [3.8, 4) is 5.75 Å². The number of benzene rings is 2. The highest BCUT2D eigenvalue weighted by Crippen LogP contribution is 2.35. The van der Waals surface area contributed by atoms with Crippen LogP contribution in [0.4, 0.5) is 11.4 Å². The van der Waals surface area contributed by atoms with E-state index in [2.05, 4.69) is 21.2 Å². The van der Waals surface area contributed by atoms with Gasteiger partial charge in [0.1, 0.15) is 5.75 Å². The Morgan fingerprint density at radius 1 is 1.35 bits per heavy atom. The lowest BCUT2D eigenvalue weighted by Gasteiger charge is -2.13. The number of hydrogen-bond donors (Lipinski definition) is 2. The first-order valence-corrected chi connectivity index (χ1v) is 6.88. The van der Waals surface area contributed by atoms with Gasteiger partial charge in [0.2, 0.25) is 0 Å². The molecule has 0 aromatic heterocycles. The number of ether oxygens (including phenoxy) is 1. The van der Waals surface area contributed by atoms with Crippen LogP contribution in [0.15, 0.2) is 40.9 Å². The Morgan fingerprint density at radius 2 is 2.10 bits per heavy atom. The summed E-state index contributed by atoms with van der Waals surface area (Å²) in [6.07, 6.45) is 0. The average molecular weight is 356 g/mol. The minimum absolute atomic E-state index is 0.281. The molecule has 104 valence electrons. The van der Waals surface area contributed by atoms with Crippen LogP contribution in [0.25, 0.3) is 0 Å². The van der Waals surface area contributed by atoms with Gasteiger partial charge in [-0.15, -0.1) is 0 Å². The van der Waals surface area contributed by atoms with Crippen LogP contribution < -0.4 is 15.8 Å². The normalized spacial score (nSPS) is 10.2. The summed E-state index contributed by atoms with van der Waals surface area (Å²) in [4.78, 5) is 12.2. The summed E-state index contributed by atoms with van der Waals surface area (Å²) in [7, 11) is 1.51. The van der Waals surface area contributed by atoms with E-state index in [1.807, 2.05) is 0 Å². The third-order valence-electron chi connectivity index (χ3n) is 2.62. The smallest absolute Gasteiger partial charge is 0.255 e. The molecular formula is C14H12BrClN2O2. The molecule has 2 aromatic carbocycles. The van der Waals surface area contributed by atoms with Crippen molar-refractivity contribution in [1.82, 2.24) is 0 Å². The summed E-state index contributed by atoms with van der Waals surface area (Å²) in [6.45, 7) is 0. The van der Waals surface area contributed by atoms with Crippen LogP contribution in [-0.2, 0) is 0 Å². The first kappa shape index (κ1) is 14.7. The number of rotatable bonds is 3. The zero-order valence-electron chi connectivity index (χ0n) is 10.6. The fourth-order valence-electron chi connectivity index (χ4n) is 1.70. The predicted octanol–water partition coefficient (Wildman–Crippen LogP) is 3.95. The molecule has 4 nitrogen and oxygen atoms in total. The number of hydrogen-bond acceptors (Lipinski definition) is 3. The van der Waals surface area contributed by atoms with Gasteiger partial charge in [-0.1, -0.05) is 17.7 Å². The third-order valence-corrected chi connectivity index (χ3v) is 3.48. The third kappa shape index (κ3) is 3.23. The van der Waals surface area contributed by atoms with Gasteiger partial charge in [0.05, 0.1) is 12.8 Å². The highest BCUT2D eigenvalue weighted by atomic mass is 79.9. The zero-order valence-corrected chi connectivity index (χ0v) is 13.0. The summed E-state index contributed by atoms with van der Waals surface area (Å²) in [5, 5.41) is 3.28. The summed E-state index contributed by atoms with van der Waals surface area (Å²) in [5.74, 6) is 0.198. The quantitative estimate of drug-likeness (QED) is 0.820. The van der Waals surface area contributed by atoms with E-state index in [-0.39, 0.29) is 5.91 Å². The number of carbonyl (C=O) groups is 1. The number of nitrogen functional groups attached to an aromatic ring is 1. The van der Waals surface area contributed by atoms with E-state index in [9.17, 15) is 4.79 Å². The number of nitrogens with one attached hydrogen (secondary N) is 1. The molecule has 0 atom stereocenters. The molecule has 0 fully saturated rings. The summed E-state index contributed by atoms with van der Waals surface area (Å²) >= 11 is 9.23. The molecule has 0 bridgehead atoms. The molecule has 0 aliphatic heterocycles. The highest BCUT2D eigenvalue weighted by molar-refractivity contribution is 9.10. The van der Waals surface area contributed by atoms with Gasteiger partial charge in [-0.25, -0.2) is 0 Å². The maximum atomic E-state index is 12.2. The number of carbonyl (C=O) groups excluding carboxylic acids is 1. The molecule has 0 radical (unpaired) electrons. The second kappa shape index (κ2) is 6.15. The fourth-order valence-corrected chi connectivity index (χ4v) is 2.45. The highest BCUT2D eigenvalue weighted by Gasteiger charge is 2.14. The largest absolute Gasteiger partial charge is 0.494 e. The molecule has 0 unspecified atom stereocenters. The van der Waals surface area contributed by atoms with E-state index < -0.39 is 0 Å². The van der Waals surface area contributed by atoms with E-state index in [1.54, 1.807) is 36.4 Å². The molecule has 0 heterocycles. The van der Waals surface area contributed by atoms with Gasteiger partial charge < -0.3 is 15.8 Å². The SMILES string of the molecule is COc1cc(N)cc(Br)c1NC(=O)c1cccc(Cl)c1. The van der Waals surface area contributed by atoms with Crippen molar-refractivity contribution in [2.75, 3.05) is 18.2 Å². The molecule has 2 rings (SSSR count). The molecule has 6 heteroatoms. The molecule has 0 aliphatic carbocycles. The van der Waals surface area contributed by atoms with Crippen LogP contribution in [0, 0.1) is 0 Å². The molecule has 1 amide bonds. The predicted molar refractivity (Wildman–Crippen MR) is 84.5 cm³/mol. The van der Waals surface area contributed by atoms with Crippen molar-refractivity contribution < 1.29 is 9.53 Å². The first-order chi connectivity index (χ1) is 9.51. The average Bonchev–Trinajstić information content (AvgIpc) is 2.41. The van der Waals surface area contributed by atoms with Gasteiger partial charge in [0.25, 0.3) is 5.91 Å². The van der Waals surface area contributed by atoms with Gasteiger partial charge in [-0.2, -0.15) is 0 Å². The monoisotopic (exact) mass is 354 g/mol. The fraction of sp³-hybridized carbons (Fsp3) is 0.0714. The molecule has 20 heavy (non-hydrogen) atoms. The van der Waals surface area contributed by atoms with E-state index in [1.165, 1.54) is 7.11 Å². The van der Waals surface area contributed by atoms with Gasteiger partial charge >= 0.3 is 0 Å². The van der Waals surface area contributed by atoms with Crippen LogP contribution in [0.2, 0.25) is 5.02 Å². The second-order valence-corrected chi connectivity index (χ2v) is 5.34. The minimum Gasteiger partial charge on any atom is -0.494 e. The lowest BCUT2D eigenvalue weighted by molar-refractivity contribution is 0.102. The Labute approximate surface area is 130 Å². The second-order valence-electron chi connectivity index (χ2n) is 4.04. The van der Waals surface area contributed by atoms with Crippen molar-refractivity contribution in [2.24, 2.45) is 0 Å². The summed E-state index contributed by atoms with van der Waals surface area (Å²) in [5.41, 5.74) is 7.24. The molecule has 0 saturated carbocycles. The van der Waals surface area contributed by atoms with Crippen molar-refractivity contribution in [3.05, 3.63) is 51.5 Å². The number of methoxy groups -OCH3 is 1. The topological polar surface area (TPSA) is 64.3 Å². The Kier molecular flexibility index (Phi) is 4.52. The molecular weight excluding hydrogens is 344 g/mol. The summed E-state index contributed by atoms with van der Waals surface area (Å²) in [6, 6.07) is 10.0. The van der Waals surface area contributed by atoms with Crippen molar-refractivity contribution >= 4 is 44.8 Å². The Hall–Kier alpha value is -1.72. The Bertz CT molecular complexity index is 662. The maximum absolute atomic E-state index is 12.2. The molecule has 3 N–H and O–H groups in total. The molecule has 2 aromatic rings. The number of anilines is 2. The number of nitrogens with two attached hydrogens (primary N) is 1. The van der Waals surface area contributed by atoms with E-state index in [0.717, 1.165) is 0 Å². The van der Waals surface area contributed by atoms with Crippen LogP contribution in [-0.4, -0.2) is 13.0 Å². The van der Waals surface area contributed by atoms with Crippen LogP contribution in [0.1, 0.15) is 10.4 Å². The van der Waals surface area contributed by atoms with Crippen LogP contribution in [0.3, 0.4) is 0 Å². The van der Waals surface area contributed by atoms with Gasteiger partial charge in [0, 0.05) is 26.8 Å². The van der Waals surface area contributed by atoms with Gasteiger partial charge in [-0.3, -0.25) is 4.79 Å². The lowest BCUT2D eigenvalue weighted by Crippen LogP contribution is -2.13. The van der Waals surface area contributed by atoms with Crippen LogP contribution in [0.5, 0.6) is 5.75 Å². The minimum atomic E-state index is -0.281. The standard InChI is InChI=1S/C14H12BrClN2O2/c1-20-12-7-10(17)6-11(15)13(12)18-14(19)8-3-2-4-9(16)5-8/h2-7H,17H2,1H3,(H,18,19). The van der Waals surface area contributed by atoms with E-state index in [4.69, 9.17) is 22.1 Å². The number of amides is 1.